The molecule has 0 unspecified atom stereocenters. The fourth-order valence-electron chi connectivity index (χ4n) is 5.38. The van der Waals surface area contributed by atoms with Gasteiger partial charge < -0.3 is 14.8 Å². The zero-order valence-corrected chi connectivity index (χ0v) is 18.7. The first-order chi connectivity index (χ1) is 16.2. The molecule has 1 heterocycles. The Balaban J connectivity index is 1.74. The molecule has 1 aromatic heterocycles. The second-order valence-electron chi connectivity index (χ2n) is 8.77. The minimum atomic E-state index is 0.184. The highest BCUT2D eigenvalue weighted by molar-refractivity contribution is 5.90. The summed E-state index contributed by atoms with van der Waals surface area (Å²) in [6.45, 7) is 2.84. The van der Waals surface area contributed by atoms with E-state index >= 15 is 0 Å². The number of hydrogen-bond donors (Lipinski definition) is 2. The highest BCUT2D eigenvalue weighted by atomic mass is 16.3. The molecule has 0 radical (unpaired) electrons. The average molecular weight is 435 g/mol. The van der Waals surface area contributed by atoms with Gasteiger partial charge in [-0.05, 0) is 78.4 Å². The van der Waals surface area contributed by atoms with Gasteiger partial charge in [0, 0.05) is 17.7 Å². The van der Waals surface area contributed by atoms with Gasteiger partial charge in [-0.2, -0.15) is 0 Å². The zero-order chi connectivity index (χ0) is 22.5. The summed E-state index contributed by atoms with van der Waals surface area (Å²) in [5, 5.41) is 24.9. The van der Waals surface area contributed by atoms with E-state index in [0.717, 1.165) is 81.8 Å². The third kappa shape index (κ3) is 3.01. The molecule has 0 aliphatic heterocycles. The molecule has 0 fully saturated rings. The molecule has 0 saturated heterocycles. The Labute approximate surface area is 192 Å². The van der Waals surface area contributed by atoms with Crippen molar-refractivity contribution in [3.63, 3.8) is 0 Å². The van der Waals surface area contributed by atoms with Crippen molar-refractivity contribution in [2.45, 2.75) is 39.2 Å². The van der Waals surface area contributed by atoms with E-state index in [1.54, 1.807) is 6.07 Å². The van der Waals surface area contributed by atoms with E-state index in [4.69, 9.17) is 4.98 Å². The van der Waals surface area contributed by atoms with Crippen molar-refractivity contribution in [3.8, 4) is 34.0 Å². The van der Waals surface area contributed by atoms with Crippen LogP contribution in [0.25, 0.3) is 51.8 Å². The van der Waals surface area contributed by atoms with Gasteiger partial charge in [-0.3, -0.25) is 0 Å². The van der Waals surface area contributed by atoms with Crippen LogP contribution < -0.4 is 10.4 Å². The minimum absolute atomic E-state index is 0.184. The lowest BCUT2D eigenvalue weighted by Crippen LogP contribution is -2.29. The number of aromatic hydroxyl groups is 2. The first-order valence-electron chi connectivity index (χ1n) is 11.7. The first kappa shape index (κ1) is 19.9. The predicted molar refractivity (Wildman–Crippen MR) is 134 cm³/mol. The van der Waals surface area contributed by atoms with Crippen molar-refractivity contribution in [2.75, 3.05) is 0 Å². The van der Waals surface area contributed by atoms with E-state index in [2.05, 4.69) is 47.9 Å². The Morgan fingerprint density at radius 2 is 1.82 bits per heavy atom. The number of fused-ring (bicyclic) bond motifs is 3. The van der Waals surface area contributed by atoms with Crippen LogP contribution in [0.3, 0.4) is 0 Å². The number of aromatic nitrogens is 2. The van der Waals surface area contributed by atoms with Crippen molar-refractivity contribution >= 4 is 29.3 Å². The molecule has 164 valence electrons. The van der Waals surface area contributed by atoms with Crippen LogP contribution in [0.4, 0.5) is 0 Å². The number of phenolic OH excluding ortho intramolecular Hbond substituents is 2. The fraction of sp³-hybridized carbons (Fsp3) is 0.207. The summed E-state index contributed by atoms with van der Waals surface area (Å²) in [5.41, 5.74) is 6.33. The van der Waals surface area contributed by atoms with Gasteiger partial charge in [0.05, 0.1) is 16.6 Å². The SMILES string of the molecule is CCn1c(-c2cc3c(c(-c4c(O)ccc5c4CCC=C5)c2O)=CCCC=3)nc2ccccc21. The lowest BCUT2D eigenvalue weighted by Gasteiger charge is -2.21. The highest BCUT2D eigenvalue weighted by Gasteiger charge is 2.24. The fourth-order valence-corrected chi connectivity index (χ4v) is 5.38. The third-order valence-corrected chi connectivity index (χ3v) is 6.90. The van der Waals surface area contributed by atoms with Crippen LogP contribution in [0.15, 0.2) is 48.5 Å². The Morgan fingerprint density at radius 1 is 0.970 bits per heavy atom. The lowest BCUT2D eigenvalue weighted by atomic mass is 9.85. The molecular weight excluding hydrogens is 408 g/mol. The van der Waals surface area contributed by atoms with Crippen molar-refractivity contribution in [1.29, 1.82) is 0 Å². The molecule has 0 spiro atoms. The molecule has 0 bridgehead atoms. The summed E-state index contributed by atoms with van der Waals surface area (Å²) in [4.78, 5) is 4.91. The van der Waals surface area contributed by atoms with Gasteiger partial charge in [0.2, 0.25) is 0 Å². The van der Waals surface area contributed by atoms with Gasteiger partial charge >= 0.3 is 0 Å². The molecule has 2 aliphatic carbocycles. The molecular formula is C29H26N2O2. The smallest absolute Gasteiger partial charge is 0.144 e. The zero-order valence-electron chi connectivity index (χ0n) is 18.7. The van der Waals surface area contributed by atoms with Crippen molar-refractivity contribution in [1.82, 2.24) is 9.55 Å². The summed E-state index contributed by atoms with van der Waals surface area (Å²) >= 11 is 0. The molecule has 6 rings (SSSR count). The van der Waals surface area contributed by atoms with Crippen LogP contribution in [0.5, 0.6) is 11.5 Å². The number of imidazole rings is 1. The second kappa shape index (κ2) is 7.66. The molecule has 2 N–H and O–H groups in total. The maximum Gasteiger partial charge on any atom is 0.144 e. The largest absolute Gasteiger partial charge is 0.507 e. The molecule has 4 aromatic rings. The molecule has 4 heteroatoms. The quantitative estimate of drug-likeness (QED) is 0.471. The summed E-state index contributed by atoms with van der Waals surface area (Å²) < 4.78 is 2.15. The van der Waals surface area contributed by atoms with Crippen molar-refractivity contribution in [3.05, 3.63) is 70.1 Å². The minimum Gasteiger partial charge on any atom is -0.507 e. The maximum absolute atomic E-state index is 11.8. The number of nitrogens with zero attached hydrogens (tertiary/aromatic N) is 2. The van der Waals surface area contributed by atoms with Crippen LogP contribution in [-0.2, 0) is 13.0 Å². The summed E-state index contributed by atoms with van der Waals surface area (Å²) in [6, 6.07) is 13.8. The third-order valence-electron chi connectivity index (χ3n) is 6.90. The van der Waals surface area contributed by atoms with Crippen LogP contribution in [0.2, 0.25) is 0 Å². The van der Waals surface area contributed by atoms with Gasteiger partial charge in [0.1, 0.15) is 17.3 Å². The highest BCUT2D eigenvalue weighted by Crippen LogP contribution is 2.43. The Morgan fingerprint density at radius 3 is 2.70 bits per heavy atom. The predicted octanol–water partition coefficient (Wildman–Crippen LogP) is 5.12. The molecule has 33 heavy (non-hydrogen) atoms. The Kier molecular flexibility index (Phi) is 4.61. The summed E-state index contributed by atoms with van der Waals surface area (Å²) in [6.07, 6.45) is 12.3. The maximum atomic E-state index is 11.8. The summed E-state index contributed by atoms with van der Waals surface area (Å²) in [5.74, 6) is 1.15. The van der Waals surface area contributed by atoms with Crippen molar-refractivity contribution < 1.29 is 10.2 Å². The van der Waals surface area contributed by atoms with Gasteiger partial charge in [0.25, 0.3) is 0 Å². The van der Waals surface area contributed by atoms with E-state index in [-0.39, 0.29) is 11.5 Å². The lowest BCUT2D eigenvalue weighted by molar-refractivity contribution is 0.468. The number of rotatable bonds is 3. The first-order valence-corrected chi connectivity index (χ1v) is 11.7. The second-order valence-corrected chi connectivity index (χ2v) is 8.77. The van der Waals surface area contributed by atoms with E-state index in [1.165, 1.54) is 0 Å². The van der Waals surface area contributed by atoms with Gasteiger partial charge in [-0.15, -0.1) is 0 Å². The van der Waals surface area contributed by atoms with E-state index in [9.17, 15) is 10.2 Å². The molecule has 0 saturated carbocycles. The number of allylic oxidation sites excluding steroid dienone is 1. The Bertz CT molecular complexity index is 1570. The number of benzene rings is 3. The number of para-hydroxylation sites is 2. The topological polar surface area (TPSA) is 58.3 Å². The molecule has 3 aromatic carbocycles. The number of hydrogen-bond acceptors (Lipinski definition) is 3. The number of aryl methyl sites for hydroxylation is 1. The molecule has 0 atom stereocenters. The summed E-state index contributed by atoms with van der Waals surface area (Å²) in [7, 11) is 0. The van der Waals surface area contributed by atoms with E-state index in [0.29, 0.717) is 5.56 Å². The van der Waals surface area contributed by atoms with Crippen LogP contribution in [0.1, 0.15) is 37.3 Å². The van der Waals surface area contributed by atoms with Gasteiger partial charge in [-0.1, -0.05) is 42.5 Å². The van der Waals surface area contributed by atoms with Crippen LogP contribution >= 0.6 is 0 Å². The number of phenols is 2. The van der Waals surface area contributed by atoms with Crippen LogP contribution in [0, 0.1) is 0 Å². The molecule has 4 nitrogen and oxygen atoms in total. The monoisotopic (exact) mass is 434 g/mol. The van der Waals surface area contributed by atoms with E-state index < -0.39 is 0 Å². The molecule has 0 amide bonds. The van der Waals surface area contributed by atoms with Gasteiger partial charge in [-0.25, -0.2) is 4.98 Å². The standard InChI is InChI=1S/C29H26N2O2/c1-2-31-24-14-8-7-13-23(24)30-29(31)22-17-19-10-4-6-12-21(19)27(28(22)33)26-20-11-5-3-9-18(20)15-16-25(26)32/h3,7-10,12-17,32-33H,2,4-6,11H2,1H3. The molecule has 2 aliphatic rings. The van der Waals surface area contributed by atoms with E-state index in [1.807, 2.05) is 24.3 Å². The average Bonchev–Trinajstić information content (AvgIpc) is 3.23. The van der Waals surface area contributed by atoms with Crippen molar-refractivity contribution in [2.24, 2.45) is 0 Å². The normalized spacial score (nSPS) is 14.5. The van der Waals surface area contributed by atoms with Gasteiger partial charge in [0.15, 0.2) is 0 Å². The Hall–Kier alpha value is -3.79. The van der Waals surface area contributed by atoms with Crippen LogP contribution in [-0.4, -0.2) is 19.8 Å².